The van der Waals surface area contributed by atoms with Gasteiger partial charge in [0.2, 0.25) is 5.95 Å². The van der Waals surface area contributed by atoms with Crippen LogP contribution in [0.15, 0.2) is 36.7 Å². The van der Waals surface area contributed by atoms with E-state index >= 15 is 0 Å². The lowest BCUT2D eigenvalue weighted by Gasteiger charge is -2.34. The first kappa shape index (κ1) is 16.2. The van der Waals surface area contributed by atoms with Crippen LogP contribution in [-0.2, 0) is 6.54 Å². The van der Waals surface area contributed by atoms with E-state index in [2.05, 4.69) is 9.97 Å². The molecule has 0 aliphatic carbocycles. The Morgan fingerprint density at radius 3 is 2.76 bits per heavy atom. The Bertz CT molecular complexity index is 880. The van der Waals surface area contributed by atoms with E-state index in [1.165, 1.54) is 0 Å². The van der Waals surface area contributed by atoms with E-state index in [-0.39, 0.29) is 0 Å². The molecule has 25 heavy (non-hydrogen) atoms. The van der Waals surface area contributed by atoms with Gasteiger partial charge in [0, 0.05) is 25.5 Å². The number of halogens is 2. The van der Waals surface area contributed by atoms with Crippen LogP contribution in [0.1, 0.15) is 12.2 Å². The molecule has 130 valence electrons. The van der Waals surface area contributed by atoms with Gasteiger partial charge in [0.05, 0.1) is 28.6 Å². The molecule has 0 bridgehead atoms. The number of piperidine rings is 1. The van der Waals surface area contributed by atoms with Gasteiger partial charge in [0.25, 0.3) is 0 Å². The lowest BCUT2D eigenvalue weighted by molar-refractivity contribution is 0.243. The summed E-state index contributed by atoms with van der Waals surface area (Å²) in [6, 6.07) is 7.37. The highest BCUT2D eigenvalue weighted by Gasteiger charge is 2.29. The van der Waals surface area contributed by atoms with Gasteiger partial charge in [0.1, 0.15) is 12.0 Å². The number of hydrogen-bond donors (Lipinski definition) is 1. The van der Waals surface area contributed by atoms with Crippen LogP contribution < -0.4 is 10.6 Å². The summed E-state index contributed by atoms with van der Waals surface area (Å²) in [5.74, 6) is 1.40. The molecular formula is C17H18ClFN6. The molecule has 3 aromatic rings. The van der Waals surface area contributed by atoms with Crippen molar-refractivity contribution in [1.29, 1.82) is 0 Å². The maximum Gasteiger partial charge on any atom is 0.207 e. The lowest BCUT2D eigenvalue weighted by Crippen LogP contribution is -2.50. The molecule has 8 heteroatoms. The molecule has 4 rings (SSSR count). The fourth-order valence-corrected chi connectivity index (χ4v) is 3.25. The topological polar surface area (TPSA) is 72.9 Å². The first-order valence-corrected chi connectivity index (χ1v) is 8.56. The minimum absolute atomic E-state index is 0.405. The molecule has 1 aliphatic rings. The number of nitrogens with two attached hydrogens (primary N) is 1. The highest BCUT2D eigenvalue weighted by molar-refractivity contribution is 6.30. The van der Waals surface area contributed by atoms with Gasteiger partial charge in [-0.25, -0.2) is 19.3 Å². The predicted molar refractivity (Wildman–Crippen MR) is 95.6 cm³/mol. The van der Waals surface area contributed by atoms with Gasteiger partial charge in [-0.15, -0.1) is 0 Å². The van der Waals surface area contributed by atoms with Crippen LogP contribution >= 0.6 is 11.6 Å². The van der Waals surface area contributed by atoms with E-state index in [4.69, 9.17) is 22.3 Å². The van der Waals surface area contributed by atoms with Crippen molar-refractivity contribution in [2.45, 2.75) is 25.2 Å². The smallest absolute Gasteiger partial charge is 0.207 e. The zero-order valence-electron chi connectivity index (χ0n) is 13.5. The SMILES string of the molecule is N[C@@H]1CN(c2nc3ccccc3n2Cc2ncc(Cl)cn2)CCC1F. The summed E-state index contributed by atoms with van der Waals surface area (Å²) >= 11 is 5.87. The average molecular weight is 361 g/mol. The van der Waals surface area contributed by atoms with Gasteiger partial charge in [-0.2, -0.15) is 0 Å². The van der Waals surface area contributed by atoms with E-state index in [9.17, 15) is 4.39 Å². The average Bonchev–Trinajstić information content (AvgIpc) is 2.98. The highest BCUT2D eigenvalue weighted by Crippen LogP contribution is 2.26. The Morgan fingerprint density at radius 1 is 1.24 bits per heavy atom. The van der Waals surface area contributed by atoms with E-state index < -0.39 is 12.2 Å². The molecule has 3 heterocycles. The number of para-hydroxylation sites is 2. The Morgan fingerprint density at radius 2 is 2.00 bits per heavy atom. The van der Waals surface area contributed by atoms with Gasteiger partial charge in [-0.05, 0) is 18.6 Å². The van der Waals surface area contributed by atoms with Gasteiger partial charge in [0.15, 0.2) is 0 Å². The quantitative estimate of drug-likeness (QED) is 0.776. The molecule has 2 aromatic heterocycles. The van der Waals surface area contributed by atoms with Crippen molar-refractivity contribution < 1.29 is 4.39 Å². The second-order valence-corrected chi connectivity index (χ2v) is 6.66. The Hall–Kier alpha value is -2.25. The zero-order valence-corrected chi connectivity index (χ0v) is 14.3. The van der Waals surface area contributed by atoms with Gasteiger partial charge in [-0.3, -0.25) is 0 Å². The van der Waals surface area contributed by atoms with Crippen LogP contribution in [0.5, 0.6) is 0 Å². The Kier molecular flexibility index (Phi) is 4.27. The first-order valence-electron chi connectivity index (χ1n) is 8.18. The number of rotatable bonds is 3. The molecular weight excluding hydrogens is 343 g/mol. The number of fused-ring (bicyclic) bond motifs is 1. The van der Waals surface area contributed by atoms with E-state index in [0.29, 0.717) is 36.9 Å². The fourth-order valence-electron chi connectivity index (χ4n) is 3.16. The molecule has 1 aromatic carbocycles. The number of aromatic nitrogens is 4. The Labute approximate surface area is 149 Å². The summed E-state index contributed by atoms with van der Waals surface area (Å²) < 4.78 is 15.8. The third-order valence-electron chi connectivity index (χ3n) is 4.46. The summed E-state index contributed by atoms with van der Waals surface area (Å²) in [7, 11) is 0. The molecule has 0 radical (unpaired) electrons. The van der Waals surface area contributed by atoms with Crippen molar-refractivity contribution in [3.8, 4) is 0 Å². The van der Waals surface area contributed by atoms with Crippen LogP contribution in [0.4, 0.5) is 10.3 Å². The third kappa shape index (κ3) is 3.17. The largest absolute Gasteiger partial charge is 0.340 e. The van der Waals surface area contributed by atoms with E-state index in [0.717, 1.165) is 17.0 Å². The molecule has 0 saturated carbocycles. The maximum absolute atomic E-state index is 13.7. The van der Waals surface area contributed by atoms with Crippen LogP contribution in [0.2, 0.25) is 5.02 Å². The van der Waals surface area contributed by atoms with Gasteiger partial charge < -0.3 is 15.2 Å². The molecule has 2 N–H and O–H groups in total. The van der Waals surface area contributed by atoms with Gasteiger partial charge in [-0.1, -0.05) is 23.7 Å². The molecule has 1 fully saturated rings. The normalized spacial score (nSPS) is 21.0. The number of hydrogen-bond acceptors (Lipinski definition) is 5. The highest BCUT2D eigenvalue weighted by atomic mass is 35.5. The van der Waals surface area contributed by atoms with Crippen LogP contribution in [0.3, 0.4) is 0 Å². The molecule has 1 aliphatic heterocycles. The van der Waals surface area contributed by atoms with Crippen molar-refractivity contribution in [2.24, 2.45) is 5.73 Å². The molecule has 1 saturated heterocycles. The number of nitrogens with zero attached hydrogens (tertiary/aromatic N) is 5. The monoisotopic (exact) mass is 360 g/mol. The lowest BCUT2D eigenvalue weighted by atomic mass is 10.1. The fraction of sp³-hybridized carbons (Fsp3) is 0.353. The third-order valence-corrected chi connectivity index (χ3v) is 4.66. The minimum atomic E-state index is -0.964. The molecule has 2 atom stereocenters. The van der Waals surface area contributed by atoms with Crippen molar-refractivity contribution in [3.05, 3.63) is 47.5 Å². The van der Waals surface area contributed by atoms with Crippen LogP contribution in [0.25, 0.3) is 11.0 Å². The van der Waals surface area contributed by atoms with Crippen molar-refractivity contribution in [2.75, 3.05) is 18.0 Å². The molecule has 0 amide bonds. The second kappa shape index (κ2) is 6.57. The molecule has 6 nitrogen and oxygen atoms in total. The second-order valence-electron chi connectivity index (χ2n) is 6.22. The molecule has 0 spiro atoms. The van der Waals surface area contributed by atoms with Crippen LogP contribution in [0, 0.1) is 0 Å². The van der Waals surface area contributed by atoms with Crippen molar-refractivity contribution >= 4 is 28.6 Å². The van der Waals surface area contributed by atoms with Crippen LogP contribution in [-0.4, -0.2) is 44.8 Å². The number of anilines is 1. The van der Waals surface area contributed by atoms with Crippen molar-refractivity contribution in [3.63, 3.8) is 0 Å². The summed E-state index contributed by atoms with van der Waals surface area (Å²) in [6.07, 6.45) is 2.59. The summed E-state index contributed by atoms with van der Waals surface area (Å²) in [4.78, 5) is 15.3. The maximum atomic E-state index is 13.7. The standard InChI is InChI=1S/C17H18ClFN6/c18-11-7-21-16(22-8-11)10-25-15-4-2-1-3-14(15)23-17(25)24-6-5-12(19)13(20)9-24/h1-4,7-8,12-13H,5-6,9-10,20H2/t12?,13-/m1/s1. The molecule has 1 unspecified atom stereocenters. The summed E-state index contributed by atoms with van der Waals surface area (Å²) in [5, 5.41) is 0.496. The number of benzene rings is 1. The van der Waals surface area contributed by atoms with E-state index in [1.54, 1.807) is 12.4 Å². The van der Waals surface area contributed by atoms with Crippen molar-refractivity contribution in [1.82, 2.24) is 19.5 Å². The number of alkyl halides is 1. The minimum Gasteiger partial charge on any atom is -0.340 e. The predicted octanol–water partition coefficient (Wildman–Crippen LogP) is 2.40. The number of imidazole rings is 1. The summed E-state index contributed by atoms with van der Waals surface area (Å²) in [6.45, 7) is 1.48. The first-order chi connectivity index (χ1) is 12.1. The van der Waals surface area contributed by atoms with E-state index in [1.807, 2.05) is 33.7 Å². The zero-order chi connectivity index (χ0) is 17.4. The van der Waals surface area contributed by atoms with Gasteiger partial charge >= 0.3 is 0 Å². The summed E-state index contributed by atoms with van der Waals surface area (Å²) in [5.41, 5.74) is 7.78. The Balaban J connectivity index is 1.74.